The molecule has 0 saturated carbocycles. The van der Waals surface area contributed by atoms with Crippen molar-refractivity contribution in [2.24, 2.45) is 0 Å². The summed E-state index contributed by atoms with van der Waals surface area (Å²) in [5.41, 5.74) is 0.428. The third kappa shape index (κ3) is 4.06. The summed E-state index contributed by atoms with van der Waals surface area (Å²) >= 11 is 0. The summed E-state index contributed by atoms with van der Waals surface area (Å²) in [4.78, 5) is 1.85. The highest BCUT2D eigenvalue weighted by Crippen LogP contribution is 2.25. The van der Waals surface area contributed by atoms with Crippen molar-refractivity contribution in [3.63, 3.8) is 0 Å². The third-order valence-corrected chi connectivity index (χ3v) is 3.70. The Bertz CT molecular complexity index is 690. The van der Waals surface area contributed by atoms with Gasteiger partial charge in [0.1, 0.15) is 12.4 Å². The second-order valence-corrected chi connectivity index (χ2v) is 5.48. The van der Waals surface area contributed by atoms with E-state index in [0.29, 0.717) is 25.3 Å². The molecule has 130 valence electrons. The van der Waals surface area contributed by atoms with Crippen LogP contribution in [0, 0.1) is 5.82 Å². The number of halogens is 4. The van der Waals surface area contributed by atoms with Crippen LogP contribution in [0.3, 0.4) is 0 Å². The standard InChI is InChI=1S/C14H15F4N5O/c15-11-4-2-1-3-10(11)12-7-22(5-6-24-12)8-13-19-20-21-23(13)9-14(16,17)18/h1-4,12H,5-9H2. The first-order chi connectivity index (χ1) is 11.4. The number of hydrogen-bond donors (Lipinski definition) is 0. The topological polar surface area (TPSA) is 56.1 Å². The van der Waals surface area contributed by atoms with Gasteiger partial charge in [-0.05, 0) is 16.5 Å². The van der Waals surface area contributed by atoms with Crippen LogP contribution in [-0.2, 0) is 17.8 Å². The van der Waals surface area contributed by atoms with Crippen molar-refractivity contribution in [1.29, 1.82) is 0 Å². The molecule has 24 heavy (non-hydrogen) atoms. The minimum atomic E-state index is -4.40. The lowest BCUT2D eigenvalue weighted by Gasteiger charge is -2.32. The van der Waals surface area contributed by atoms with Gasteiger partial charge in [0.25, 0.3) is 0 Å². The smallest absolute Gasteiger partial charge is 0.371 e. The Morgan fingerprint density at radius 2 is 2.04 bits per heavy atom. The number of morpholine rings is 1. The number of tetrazole rings is 1. The predicted molar refractivity (Wildman–Crippen MR) is 74.2 cm³/mol. The molecule has 2 aromatic rings. The Balaban J connectivity index is 1.68. The molecule has 1 unspecified atom stereocenters. The fraction of sp³-hybridized carbons (Fsp3) is 0.500. The Morgan fingerprint density at radius 3 is 2.79 bits per heavy atom. The van der Waals surface area contributed by atoms with Crippen LogP contribution in [0.5, 0.6) is 0 Å². The Labute approximate surface area is 135 Å². The van der Waals surface area contributed by atoms with E-state index >= 15 is 0 Å². The second-order valence-electron chi connectivity index (χ2n) is 5.48. The molecule has 6 nitrogen and oxygen atoms in total. The van der Waals surface area contributed by atoms with Gasteiger partial charge in [0, 0.05) is 18.7 Å². The third-order valence-electron chi connectivity index (χ3n) is 3.70. The number of alkyl halides is 3. The van der Waals surface area contributed by atoms with Gasteiger partial charge in [-0.1, -0.05) is 18.2 Å². The van der Waals surface area contributed by atoms with Gasteiger partial charge >= 0.3 is 6.18 Å². The van der Waals surface area contributed by atoms with Gasteiger partial charge in [0.15, 0.2) is 5.82 Å². The van der Waals surface area contributed by atoms with Crippen molar-refractivity contribution in [3.05, 3.63) is 41.5 Å². The molecule has 1 atom stereocenters. The molecule has 1 aromatic heterocycles. The van der Waals surface area contributed by atoms with Crippen LogP contribution < -0.4 is 0 Å². The highest BCUT2D eigenvalue weighted by Gasteiger charge is 2.31. The lowest BCUT2D eigenvalue weighted by atomic mass is 10.1. The van der Waals surface area contributed by atoms with E-state index in [9.17, 15) is 17.6 Å². The Hall–Kier alpha value is -2.07. The lowest BCUT2D eigenvalue weighted by Crippen LogP contribution is -2.39. The highest BCUT2D eigenvalue weighted by atomic mass is 19.4. The number of ether oxygens (including phenoxy) is 1. The first-order valence-corrected chi connectivity index (χ1v) is 7.32. The molecule has 0 amide bonds. The molecule has 10 heteroatoms. The molecule has 0 spiro atoms. The molecule has 0 bridgehead atoms. The summed E-state index contributed by atoms with van der Waals surface area (Å²) in [5.74, 6) is -0.257. The molecule has 0 aliphatic carbocycles. The van der Waals surface area contributed by atoms with Gasteiger partial charge in [-0.25, -0.2) is 9.07 Å². The molecule has 0 radical (unpaired) electrons. The minimum absolute atomic E-state index is 0.113. The summed E-state index contributed by atoms with van der Waals surface area (Å²) in [6.07, 6.45) is -4.88. The maximum Gasteiger partial charge on any atom is 0.408 e. The van der Waals surface area contributed by atoms with Crippen molar-refractivity contribution in [1.82, 2.24) is 25.1 Å². The first kappa shape index (κ1) is 16.8. The molecule has 2 heterocycles. The summed E-state index contributed by atoms with van der Waals surface area (Å²) in [7, 11) is 0. The molecular formula is C14H15F4N5O. The summed E-state index contributed by atoms with van der Waals surface area (Å²) < 4.78 is 57.7. The first-order valence-electron chi connectivity index (χ1n) is 7.32. The van der Waals surface area contributed by atoms with E-state index in [0.717, 1.165) is 4.68 Å². The van der Waals surface area contributed by atoms with E-state index in [2.05, 4.69) is 15.5 Å². The quantitative estimate of drug-likeness (QED) is 0.793. The van der Waals surface area contributed by atoms with Gasteiger partial charge in [-0.2, -0.15) is 13.2 Å². The van der Waals surface area contributed by atoms with Gasteiger partial charge in [-0.3, -0.25) is 4.90 Å². The van der Waals surface area contributed by atoms with Crippen LogP contribution in [0.25, 0.3) is 0 Å². The number of rotatable bonds is 4. The van der Waals surface area contributed by atoms with E-state index in [-0.39, 0.29) is 18.2 Å². The van der Waals surface area contributed by atoms with Gasteiger partial charge in [0.05, 0.1) is 19.3 Å². The van der Waals surface area contributed by atoms with Crippen molar-refractivity contribution >= 4 is 0 Å². The zero-order valence-electron chi connectivity index (χ0n) is 12.6. The van der Waals surface area contributed by atoms with Crippen molar-refractivity contribution < 1.29 is 22.3 Å². The van der Waals surface area contributed by atoms with Crippen LogP contribution in [0.2, 0.25) is 0 Å². The normalized spacial score (nSPS) is 19.6. The van der Waals surface area contributed by atoms with E-state index in [1.54, 1.807) is 18.2 Å². The lowest BCUT2D eigenvalue weighted by molar-refractivity contribution is -0.143. The summed E-state index contributed by atoms with van der Waals surface area (Å²) in [6.45, 7) is 0.0945. The molecular weight excluding hydrogens is 330 g/mol. The van der Waals surface area contributed by atoms with Crippen LogP contribution >= 0.6 is 0 Å². The maximum atomic E-state index is 13.9. The average Bonchev–Trinajstić information content (AvgIpc) is 2.93. The molecule has 3 rings (SSSR count). The van der Waals surface area contributed by atoms with Crippen LogP contribution in [0.4, 0.5) is 17.6 Å². The molecule has 1 aliphatic rings. The molecule has 0 N–H and O–H groups in total. The number of nitrogens with zero attached hydrogens (tertiary/aromatic N) is 5. The molecule has 1 saturated heterocycles. The minimum Gasteiger partial charge on any atom is -0.371 e. The van der Waals surface area contributed by atoms with Crippen LogP contribution in [0.15, 0.2) is 24.3 Å². The molecule has 1 fully saturated rings. The number of benzene rings is 1. The maximum absolute atomic E-state index is 13.9. The van der Waals surface area contributed by atoms with Crippen molar-refractivity contribution in [2.75, 3.05) is 19.7 Å². The van der Waals surface area contributed by atoms with Crippen LogP contribution in [-0.4, -0.2) is 51.0 Å². The highest BCUT2D eigenvalue weighted by molar-refractivity contribution is 5.20. The predicted octanol–water partition coefficient (Wildman–Crippen LogP) is 1.95. The largest absolute Gasteiger partial charge is 0.408 e. The van der Waals surface area contributed by atoms with E-state index in [1.807, 2.05) is 4.90 Å². The zero-order chi connectivity index (χ0) is 17.2. The van der Waals surface area contributed by atoms with Crippen molar-refractivity contribution in [2.45, 2.75) is 25.4 Å². The Morgan fingerprint density at radius 1 is 1.25 bits per heavy atom. The summed E-state index contributed by atoms with van der Waals surface area (Å²) in [6, 6.07) is 6.29. The molecule has 1 aromatic carbocycles. The van der Waals surface area contributed by atoms with Crippen molar-refractivity contribution in [3.8, 4) is 0 Å². The van der Waals surface area contributed by atoms with E-state index in [1.165, 1.54) is 6.07 Å². The van der Waals surface area contributed by atoms with E-state index in [4.69, 9.17) is 4.74 Å². The number of hydrogen-bond acceptors (Lipinski definition) is 5. The zero-order valence-corrected chi connectivity index (χ0v) is 12.6. The second kappa shape index (κ2) is 6.81. The SMILES string of the molecule is Fc1ccccc1C1CN(Cc2nnnn2CC(F)(F)F)CCO1. The average molecular weight is 345 g/mol. The van der Waals surface area contributed by atoms with Gasteiger partial charge in [0.2, 0.25) is 0 Å². The fourth-order valence-corrected chi connectivity index (χ4v) is 2.60. The van der Waals surface area contributed by atoms with E-state index < -0.39 is 18.8 Å². The van der Waals surface area contributed by atoms with Gasteiger partial charge in [-0.15, -0.1) is 5.10 Å². The number of aromatic nitrogens is 4. The molecule has 1 aliphatic heterocycles. The van der Waals surface area contributed by atoms with Crippen LogP contribution in [0.1, 0.15) is 17.5 Å². The summed E-state index contributed by atoms with van der Waals surface area (Å²) in [5, 5.41) is 10.3. The fourth-order valence-electron chi connectivity index (χ4n) is 2.60. The monoisotopic (exact) mass is 345 g/mol. The Kier molecular flexibility index (Phi) is 4.76. The van der Waals surface area contributed by atoms with Gasteiger partial charge < -0.3 is 4.74 Å².